The van der Waals surface area contributed by atoms with Crippen LogP contribution in [0.4, 0.5) is 11.4 Å². The van der Waals surface area contributed by atoms with Gasteiger partial charge in [0.25, 0.3) is 0 Å². The Kier molecular flexibility index (Phi) is 7.41. The van der Waals surface area contributed by atoms with E-state index < -0.39 is 10.0 Å². The van der Waals surface area contributed by atoms with Crippen molar-refractivity contribution in [2.75, 3.05) is 23.4 Å². The van der Waals surface area contributed by atoms with Gasteiger partial charge in [0.15, 0.2) is 0 Å². The number of hydrogen-bond donors (Lipinski definition) is 3. The lowest BCUT2D eigenvalue weighted by atomic mass is 10.1. The summed E-state index contributed by atoms with van der Waals surface area (Å²) < 4.78 is 30.7. The fourth-order valence-corrected chi connectivity index (χ4v) is 3.84. The van der Waals surface area contributed by atoms with Crippen molar-refractivity contribution < 1.29 is 13.2 Å². The number of anilines is 2. The van der Waals surface area contributed by atoms with Crippen molar-refractivity contribution in [2.24, 2.45) is 0 Å². The normalized spacial score (nSPS) is 10.9. The molecule has 0 aliphatic heterocycles. The Labute approximate surface area is 187 Å². The zero-order valence-corrected chi connectivity index (χ0v) is 18.7. The summed E-state index contributed by atoms with van der Waals surface area (Å²) >= 11 is 0. The van der Waals surface area contributed by atoms with Gasteiger partial charge >= 0.3 is 0 Å². The van der Waals surface area contributed by atoms with Crippen LogP contribution < -0.4 is 14.8 Å². The molecule has 0 spiro atoms. The van der Waals surface area contributed by atoms with E-state index in [0.29, 0.717) is 18.0 Å². The molecule has 0 fully saturated rings. The summed E-state index contributed by atoms with van der Waals surface area (Å²) in [5.74, 6) is 0.552. The van der Waals surface area contributed by atoms with E-state index in [1.54, 1.807) is 25.3 Å². The Hall–Kier alpha value is -2.68. The van der Waals surface area contributed by atoms with Gasteiger partial charge in [0.1, 0.15) is 5.75 Å². The van der Waals surface area contributed by atoms with Gasteiger partial charge in [-0.25, -0.2) is 8.42 Å². The van der Waals surface area contributed by atoms with Crippen LogP contribution in [-0.2, 0) is 16.6 Å². The van der Waals surface area contributed by atoms with Gasteiger partial charge < -0.3 is 15.0 Å². The minimum absolute atomic E-state index is 0. The lowest BCUT2D eigenvalue weighted by molar-refractivity contribution is 0.416. The largest absolute Gasteiger partial charge is 0.495 e. The summed E-state index contributed by atoms with van der Waals surface area (Å²) in [6, 6.07) is 13.2. The third kappa shape index (κ3) is 4.89. The van der Waals surface area contributed by atoms with Crippen molar-refractivity contribution in [1.29, 1.82) is 0 Å². The van der Waals surface area contributed by atoms with Crippen LogP contribution in [0.3, 0.4) is 0 Å². The molecule has 0 amide bonds. The van der Waals surface area contributed by atoms with Gasteiger partial charge in [-0.2, -0.15) is 0 Å². The van der Waals surface area contributed by atoms with Crippen molar-refractivity contribution in [2.45, 2.75) is 6.54 Å². The van der Waals surface area contributed by atoms with Crippen LogP contribution in [0.15, 0.2) is 54.9 Å². The van der Waals surface area contributed by atoms with Gasteiger partial charge in [0, 0.05) is 41.3 Å². The Morgan fingerprint density at radius 1 is 1.13 bits per heavy atom. The zero-order valence-electron chi connectivity index (χ0n) is 16.3. The highest BCUT2D eigenvalue weighted by molar-refractivity contribution is 7.92. The standard InChI is InChI=1S/C20H20N4O3S.2ClH/c1-27-19-10-14(24-28(2,25)26)5-6-17(19)22-11-13-12-23-18-8-7-16-15(20(13)18)4-3-9-21-16;;/h3-10,12,21-22,24H,11H2,1-2H3;2*1H. The summed E-state index contributed by atoms with van der Waals surface area (Å²) in [4.78, 5) is 7.77. The van der Waals surface area contributed by atoms with Crippen LogP contribution in [0.1, 0.15) is 5.56 Å². The molecule has 0 radical (unpaired) electrons. The molecule has 10 heteroatoms. The average molecular weight is 469 g/mol. The summed E-state index contributed by atoms with van der Waals surface area (Å²) in [6.45, 7) is 0.555. The molecular weight excluding hydrogens is 447 g/mol. The van der Waals surface area contributed by atoms with Crippen LogP contribution in [-0.4, -0.2) is 31.8 Å². The minimum Gasteiger partial charge on any atom is -0.495 e. The molecule has 0 bridgehead atoms. The molecular formula is C20H22Cl2N4O3S. The number of nitrogens with zero attached hydrogens (tertiary/aromatic N) is 1. The number of methoxy groups -OCH3 is 1. The van der Waals surface area contributed by atoms with E-state index in [9.17, 15) is 8.42 Å². The zero-order chi connectivity index (χ0) is 19.7. The molecule has 2 aromatic heterocycles. The molecule has 160 valence electrons. The van der Waals surface area contributed by atoms with Gasteiger partial charge in [0.05, 0.1) is 30.3 Å². The molecule has 0 saturated heterocycles. The number of benzene rings is 2. The first kappa shape index (κ1) is 23.6. The number of aromatic amines is 1. The highest BCUT2D eigenvalue weighted by atomic mass is 35.5. The summed E-state index contributed by atoms with van der Waals surface area (Å²) in [5.41, 5.74) is 4.29. The molecule has 7 nitrogen and oxygen atoms in total. The third-order valence-corrected chi connectivity index (χ3v) is 5.08. The smallest absolute Gasteiger partial charge is 0.229 e. The molecule has 0 saturated carbocycles. The predicted molar refractivity (Wildman–Crippen MR) is 127 cm³/mol. The number of ether oxygens (including phenoxy) is 1. The molecule has 0 unspecified atom stereocenters. The first-order valence-electron chi connectivity index (χ1n) is 8.68. The second-order valence-corrected chi connectivity index (χ2v) is 8.27. The SMILES string of the molecule is COc1cc(NS(C)(=O)=O)ccc1NCc1cnc2ccc3[nH]cccc3c12.Cl.Cl. The first-order chi connectivity index (χ1) is 13.4. The number of rotatable bonds is 6. The Morgan fingerprint density at radius 2 is 1.93 bits per heavy atom. The van der Waals surface area contributed by atoms with E-state index in [4.69, 9.17) is 4.74 Å². The average Bonchev–Trinajstić information content (AvgIpc) is 3.09. The number of aromatic nitrogens is 2. The molecule has 4 rings (SSSR count). The predicted octanol–water partition coefficient (Wildman–Crippen LogP) is 4.55. The molecule has 3 N–H and O–H groups in total. The second kappa shape index (κ2) is 9.42. The lowest BCUT2D eigenvalue weighted by Crippen LogP contribution is -2.10. The fraction of sp³-hybridized carbons (Fsp3) is 0.150. The summed E-state index contributed by atoms with van der Waals surface area (Å²) in [7, 11) is -1.80. The maximum atomic E-state index is 11.4. The number of halogens is 2. The van der Waals surface area contributed by atoms with Crippen LogP contribution in [0, 0.1) is 0 Å². The number of nitrogens with one attached hydrogen (secondary N) is 3. The van der Waals surface area contributed by atoms with Crippen molar-refractivity contribution in [1.82, 2.24) is 9.97 Å². The molecule has 2 heterocycles. The molecule has 2 aromatic carbocycles. The van der Waals surface area contributed by atoms with Crippen LogP contribution in [0.5, 0.6) is 5.75 Å². The lowest BCUT2D eigenvalue weighted by Gasteiger charge is -2.13. The molecule has 30 heavy (non-hydrogen) atoms. The van der Waals surface area contributed by atoms with Crippen molar-refractivity contribution >= 4 is 68.0 Å². The third-order valence-electron chi connectivity index (χ3n) is 4.48. The van der Waals surface area contributed by atoms with E-state index in [2.05, 4.69) is 26.1 Å². The van der Waals surface area contributed by atoms with Gasteiger partial charge in [-0.3, -0.25) is 9.71 Å². The number of sulfonamides is 1. The van der Waals surface area contributed by atoms with Crippen LogP contribution >= 0.6 is 24.8 Å². The monoisotopic (exact) mass is 468 g/mol. The Morgan fingerprint density at radius 3 is 2.67 bits per heavy atom. The number of fused-ring (bicyclic) bond motifs is 3. The van der Waals surface area contributed by atoms with E-state index in [-0.39, 0.29) is 24.8 Å². The Balaban J connectivity index is 0.00000160. The minimum atomic E-state index is -3.35. The van der Waals surface area contributed by atoms with Gasteiger partial charge in [-0.05, 0) is 35.9 Å². The van der Waals surface area contributed by atoms with E-state index in [1.165, 1.54) is 0 Å². The van der Waals surface area contributed by atoms with E-state index >= 15 is 0 Å². The van der Waals surface area contributed by atoms with Crippen molar-refractivity contribution in [3.8, 4) is 5.75 Å². The molecule has 0 aliphatic carbocycles. The van der Waals surface area contributed by atoms with E-state index in [1.807, 2.05) is 30.6 Å². The molecule has 4 aromatic rings. The summed E-state index contributed by atoms with van der Waals surface area (Å²) in [5, 5.41) is 5.59. The van der Waals surface area contributed by atoms with Gasteiger partial charge in [0.2, 0.25) is 10.0 Å². The van der Waals surface area contributed by atoms with Crippen molar-refractivity contribution in [3.63, 3.8) is 0 Å². The van der Waals surface area contributed by atoms with Gasteiger partial charge in [-0.1, -0.05) is 6.07 Å². The number of hydrogen-bond acceptors (Lipinski definition) is 5. The highest BCUT2D eigenvalue weighted by Crippen LogP contribution is 2.31. The number of pyridine rings is 1. The van der Waals surface area contributed by atoms with Gasteiger partial charge in [-0.15, -0.1) is 24.8 Å². The Bertz CT molecular complexity index is 1280. The fourth-order valence-electron chi connectivity index (χ4n) is 3.29. The highest BCUT2D eigenvalue weighted by Gasteiger charge is 2.11. The number of H-pyrrole nitrogens is 1. The first-order valence-corrected chi connectivity index (χ1v) is 10.6. The second-order valence-electron chi connectivity index (χ2n) is 6.52. The van der Waals surface area contributed by atoms with Crippen LogP contribution in [0.25, 0.3) is 21.8 Å². The maximum absolute atomic E-state index is 11.4. The topological polar surface area (TPSA) is 96.1 Å². The van der Waals surface area contributed by atoms with E-state index in [0.717, 1.165) is 39.3 Å². The van der Waals surface area contributed by atoms with Crippen LogP contribution in [0.2, 0.25) is 0 Å². The summed E-state index contributed by atoms with van der Waals surface area (Å²) in [6.07, 6.45) is 4.89. The van der Waals surface area contributed by atoms with Crippen molar-refractivity contribution in [3.05, 3.63) is 60.4 Å². The molecule has 0 aliphatic rings. The quantitative estimate of drug-likeness (QED) is 0.385. The molecule has 0 atom stereocenters. The maximum Gasteiger partial charge on any atom is 0.229 e.